The van der Waals surface area contributed by atoms with E-state index in [2.05, 4.69) is 148 Å². The van der Waals surface area contributed by atoms with Crippen molar-refractivity contribution in [3.8, 4) is 11.1 Å². The molecule has 52 heavy (non-hydrogen) atoms. The van der Waals surface area contributed by atoms with E-state index < -0.39 is 0 Å². The number of aryl methyl sites for hydroxylation is 2. The molecule has 0 saturated carbocycles. The molecule has 0 saturated heterocycles. The quantitative estimate of drug-likeness (QED) is 0.187. The van der Waals surface area contributed by atoms with E-state index in [0.717, 1.165) is 67.4 Å². The Balaban J connectivity index is 1.20. The minimum Gasteiger partial charge on any atom is -0.456 e. The number of furan rings is 2. The number of hydrogen-bond donors (Lipinski definition) is 0. The number of benzene rings is 7. The van der Waals surface area contributed by atoms with Gasteiger partial charge in [-0.15, -0.1) is 0 Å². The molecule has 1 atom stereocenters. The summed E-state index contributed by atoms with van der Waals surface area (Å²) in [5.74, 6) is 0. The molecule has 2 aliphatic carbocycles. The molecule has 0 N–H and O–H groups in total. The molecule has 7 aromatic carbocycles. The Bertz CT molecular complexity index is 2840. The lowest BCUT2D eigenvalue weighted by atomic mass is 9.70. The van der Waals surface area contributed by atoms with E-state index in [1.807, 2.05) is 24.3 Å². The molecule has 0 amide bonds. The maximum atomic E-state index is 6.30. The highest BCUT2D eigenvalue weighted by Gasteiger charge is 2.55. The molecule has 11 rings (SSSR count). The van der Waals surface area contributed by atoms with Gasteiger partial charge in [0.25, 0.3) is 0 Å². The maximum absolute atomic E-state index is 6.30. The summed E-state index contributed by atoms with van der Waals surface area (Å²) >= 11 is 0. The Morgan fingerprint density at radius 1 is 0.462 bits per heavy atom. The SMILES string of the molecule is Cc1ccc(C)c2c1C(C)(C)CC21c2ccccc2-c2ccc(N(c3ccc4oc5ccccc5c4c3)c3ccc4oc5ccccc5c4c3)cc21. The number of nitrogens with zero attached hydrogens (tertiary/aromatic N) is 1. The van der Waals surface area contributed by atoms with E-state index in [1.165, 1.54) is 44.5 Å². The second-order valence-electron chi connectivity index (χ2n) is 15.6. The lowest BCUT2D eigenvalue weighted by Crippen LogP contribution is -2.27. The van der Waals surface area contributed by atoms with Crippen molar-refractivity contribution in [2.45, 2.75) is 44.9 Å². The maximum Gasteiger partial charge on any atom is 0.135 e. The molecule has 1 spiro atoms. The van der Waals surface area contributed by atoms with Gasteiger partial charge in [-0.1, -0.05) is 92.7 Å². The molecule has 3 heteroatoms. The molecular weight excluding hydrogens is 635 g/mol. The Morgan fingerprint density at radius 3 is 1.62 bits per heavy atom. The molecule has 0 aliphatic heterocycles. The standard InChI is InChI=1S/C49H37NO2/c1-29-17-18-30(2)47-46(29)48(3,4)28-49(47)40-14-8-5-11-34(40)35-22-19-33(27-41(35)49)50(31-20-23-44-38(25-31)36-12-6-9-15-42(36)51-44)32-21-24-45-39(26-32)37-13-7-10-16-43(37)52-45/h5-27H,28H2,1-4H3. The fraction of sp³-hybridized carbons (Fsp3) is 0.143. The first-order valence-electron chi connectivity index (χ1n) is 18.3. The Kier molecular flexibility index (Phi) is 5.85. The Labute approximate surface area is 302 Å². The average molecular weight is 672 g/mol. The monoisotopic (exact) mass is 671 g/mol. The van der Waals surface area contributed by atoms with Gasteiger partial charge in [0.15, 0.2) is 0 Å². The van der Waals surface area contributed by atoms with Crippen LogP contribution in [-0.4, -0.2) is 0 Å². The van der Waals surface area contributed by atoms with E-state index in [0.29, 0.717) is 0 Å². The summed E-state index contributed by atoms with van der Waals surface area (Å²) in [5.41, 5.74) is 17.9. The predicted molar refractivity (Wildman–Crippen MR) is 215 cm³/mol. The van der Waals surface area contributed by atoms with E-state index in [4.69, 9.17) is 8.83 Å². The Hall–Kier alpha value is -6.06. The molecular formula is C49H37NO2. The lowest BCUT2D eigenvalue weighted by Gasteiger charge is -2.33. The van der Waals surface area contributed by atoms with Gasteiger partial charge in [0.05, 0.1) is 0 Å². The Morgan fingerprint density at radius 2 is 0.962 bits per heavy atom. The number of fused-ring (bicyclic) bond motifs is 13. The highest BCUT2D eigenvalue weighted by molar-refractivity contribution is 6.08. The van der Waals surface area contributed by atoms with Crippen molar-refractivity contribution in [1.82, 2.24) is 0 Å². The van der Waals surface area contributed by atoms with Gasteiger partial charge in [-0.25, -0.2) is 0 Å². The van der Waals surface area contributed by atoms with Crippen LogP contribution in [0.5, 0.6) is 0 Å². The lowest BCUT2D eigenvalue weighted by molar-refractivity contribution is 0.448. The zero-order valence-electron chi connectivity index (χ0n) is 29.7. The first-order valence-corrected chi connectivity index (χ1v) is 18.3. The summed E-state index contributed by atoms with van der Waals surface area (Å²) < 4.78 is 12.6. The average Bonchev–Trinajstić information content (AvgIpc) is 3.87. The smallest absolute Gasteiger partial charge is 0.135 e. The fourth-order valence-electron chi connectivity index (χ4n) is 10.2. The summed E-state index contributed by atoms with van der Waals surface area (Å²) in [4.78, 5) is 2.42. The molecule has 1 unspecified atom stereocenters. The van der Waals surface area contributed by atoms with Crippen molar-refractivity contribution in [2.75, 3.05) is 4.90 Å². The van der Waals surface area contributed by atoms with Crippen LogP contribution >= 0.6 is 0 Å². The third-order valence-electron chi connectivity index (χ3n) is 12.1. The third-order valence-corrected chi connectivity index (χ3v) is 12.1. The summed E-state index contributed by atoms with van der Waals surface area (Å²) in [6, 6.07) is 50.8. The van der Waals surface area contributed by atoms with Gasteiger partial charge in [-0.3, -0.25) is 0 Å². The van der Waals surface area contributed by atoms with Crippen molar-refractivity contribution < 1.29 is 8.83 Å². The van der Waals surface area contributed by atoms with Crippen molar-refractivity contribution in [2.24, 2.45) is 0 Å². The van der Waals surface area contributed by atoms with Crippen molar-refractivity contribution >= 4 is 60.9 Å². The zero-order valence-corrected chi connectivity index (χ0v) is 29.7. The molecule has 2 aliphatic rings. The van der Waals surface area contributed by atoms with E-state index in [1.54, 1.807) is 0 Å². The second kappa shape index (κ2) is 10.3. The van der Waals surface area contributed by atoms with Crippen LogP contribution in [0, 0.1) is 13.8 Å². The van der Waals surface area contributed by atoms with Gasteiger partial charge in [0.2, 0.25) is 0 Å². The van der Waals surface area contributed by atoms with Gasteiger partial charge in [-0.2, -0.15) is 0 Å². The molecule has 0 fully saturated rings. The number of para-hydroxylation sites is 2. The van der Waals surface area contributed by atoms with Gasteiger partial charge >= 0.3 is 0 Å². The van der Waals surface area contributed by atoms with Crippen molar-refractivity contribution in [3.63, 3.8) is 0 Å². The van der Waals surface area contributed by atoms with Crippen LogP contribution in [0.3, 0.4) is 0 Å². The van der Waals surface area contributed by atoms with Gasteiger partial charge in [0.1, 0.15) is 22.3 Å². The van der Waals surface area contributed by atoms with Gasteiger partial charge in [0, 0.05) is 44.0 Å². The second-order valence-corrected chi connectivity index (χ2v) is 15.6. The van der Waals surface area contributed by atoms with Crippen LogP contribution in [0.4, 0.5) is 17.1 Å². The molecule has 0 bridgehead atoms. The van der Waals surface area contributed by atoms with Gasteiger partial charge < -0.3 is 13.7 Å². The summed E-state index contributed by atoms with van der Waals surface area (Å²) in [6.45, 7) is 9.49. The molecule has 0 radical (unpaired) electrons. The molecule has 3 nitrogen and oxygen atoms in total. The number of hydrogen-bond acceptors (Lipinski definition) is 3. The molecule has 2 heterocycles. The summed E-state index contributed by atoms with van der Waals surface area (Å²) in [6.07, 6.45) is 1.02. The highest BCUT2D eigenvalue weighted by Crippen LogP contribution is 2.64. The van der Waals surface area contributed by atoms with Gasteiger partial charge in [-0.05, 0) is 131 Å². The van der Waals surface area contributed by atoms with Crippen LogP contribution < -0.4 is 4.90 Å². The normalized spacial score (nSPS) is 17.0. The molecule has 9 aromatic rings. The summed E-state index contributed by atoms with van der Waals surface area (Å²) in [5, 5.41) is 4.45. The van der Waals surface area contributed by atoms with E-state index >= 15 is 0 Å². The molecule has 250 valence electrons. The van der Waals surface area contributed by atoms with Crippen LogP contribution in [0.25, 0.3) is 55.0 Å². The third kappa shape index (κ3) is 3.86. The highest BCUT2D eigenvalue weighted by atomic mass is 16.3. The van der Waals surface area contributed by atoms with Crippen LogP contribution in [0.1, 0.15) is 53.6 Å². The van der Waals surface area contributed by atoms with Crippen molar-refractivity contribution in [3.05, 3.63) is 173 Å². The van der Waals surface area contributed by atoms with Crippen LogP contribution in [-0.2, 0) is 10.8 Å². The minimum absolute atomic E-state index is 0.0105. The van der Waals surface area contributed by atoms with Crippen LogP contribution in [0.2, 0.25) is 0 Å². The first-order chi connectivity index (χ1) is 25.3. The minimum atomic E-state index is -0.252. The summed E-state index contributed by atoms with van der Waals surface area (Å²) in [7, 11) is 0. The van der Waals surface area contributed by atoms with E-state index in [-0.39, 0.29) is 10.8 Å². The predicted octanol–water partition coefficient (Wildman–Crippen LogP) is 13.6. The van der Waals surface area contributed by atoms with E-state index in [9.17, 15) is 0 Å². The molecule has 2 aromatic heterocycles. The topological polar surface area (TPSA) is 29.5 Å². The fourth-order valence-corrected chi connectivity index (χ4v) is 10.2. The first kappa shape index (κ1) is 29.6. The number of anilines is 3. The largest absolute Gasteiger partial charge is 0.456 e. The van der Waals surface area contributed by atoms with Crippen LogP contribution in [0.15, 0.2) is 148 Å². The number of rotatable bonds is 3. The van der Waals surface area contributed by atoms with Crippen molar-refractivity contribution in [1.29, 1.82) is 0 Å². The zero-order chi connectivity index (χ0) is 34.9.